The zero-order chi connectivity index (χ0) is 17.6. The molecule has 0 aromatic heterocycles. The topological polar surface area (TPSA) is 70.2 Å². The molecule has 23 heavy (non-hydrogen) atoms. The summed E-state index contributed by atoms with van der Waals surface area (Å²) in [5, 5.41) is 8.04. The largest absolute Gasteiger partial charge is 0.339 e. The fourth-order valence-corrected chi connectivity index (χ4v) is 2.13. The van der Waals surface area contributed by atoms with Gasteiger partial charge in [-0.05, 0) is 43.4 Å². The Morgan fingerprint density at radius 3 is 2.17 bits per heavy atom. The Morgan fingerprint density at radius 2 is 1.74 bits per heavy atom. The molecular formula is C13H13Cl4N3O2S. The number of benzene rings is 1. The molecule has 1 unspecified atom stereocenters. The van der Waals surface area contributed by atoms with Crippen LogP contribution in [0.1, 0.15) is 17.3 Å². The summed E-state index contributed by atoms with van der Waals surface area (Å²) in [6.45, 7) is 1.47. The molecule has 126 valence electrons. The van der Waals surface area contributed by atoms with E-state index in [9.17, 15) is 9.59 Å². The number of carbonyl (C=O) groups excluding carboxylic acids is 2. The summed E-state index contributed by atoms with van der Waals surface area (Å²) in [6.07, 6.45) is -1.07. The maximum atomic E-state index is 11.4. The van der Waals surface area contributed by atoms with E-state index in [0.717, 1.165) is 0 Å². The average Bonchev–Trinajstić information content (AvgIpc) is 2.45. The number of Topliss-reactive ketones (excluding diaryl/α,β-unsaturated/α-hetero) is 1. The van der Waals surface area contributed by atoms with Crippen LogP contribution < -0.4 is 16.0 Å². The molecule has 3 N–H and O–H groups in total. The van der Waals surface area contributed by atoms with Gasteiger partial charge in [-0.1, -0.05) is 34.8 Å². The first-order valence-electron chi connectivity index (χ1n) is 6.24. The minimum atomic E-state index is -1.84. The maximum Gasteiger partial charge on any atom is 0.236 e. The second-order valence-corrected chi connectivity index (χ2v) is 7.45. The summed E-state index contributed by atoms with van der Waals surface area (Å²) in [5.41, 5.74) is 1.20. The lowest BCUT2D eigenvalue weighted by molar-refractivity contribution is -0.119. The normalized spacial score (nSPS) is 12.2. The molecule has 0 radical (unpaired) electrons. The molecule has 0 fully saturated rings. The summed E-state index contributed by atoms with van der Waals surface area (Å²) in [5.74, 6) is -0.854. The van der Waals surface area contributed by atoms with Crippen LogP contribution in [0.3, 0.4) is 0 Å². The molecule has 1 aromatic carbocycles. The Kier molecular flexibility index (Phi) is 7.83. The molecule has 0 aliphatic rings. The minimum Gasteiger partial charge on any atom is -0.339 e. The highest BCUT2D eigenvalue weighted by atomic mass is 35.6. The van der Waals surface area contributed by atoms with Gasteiger partial charge in [-0.2, -0.15) is 0 Å². The maximum absolute atomic E-state index is 11.4. The predicted octanol–water partition coefficient (Wildman–Crippen LogP) is 3.23. The first kappa shape index (κ1) is 20.3. The number of ketones is 1. The van der Waals surface area contributed by atoms with Crippen molar-refractivity contribution in [3.05, 3.63) is 29.8 Å². The monoisotopic (exact) mass is 415 g/mol. The summed E-state index contributed by atoms with van der Waals surface area (Å²) in [6, 6.07) is 6.64. The van der Waals surface area contributed by atoms with Crippen LogP contribution in [0, 0.1) is 0 Å². The Balaban J connectivity index is 2.71. The number of rotatable bonds is 5. The van der Waals surface area contributed by atoms with Crippen LogP contribution in [0.2, 0.25) is 0 Å². The van der Waals surface area contributed by atoms with Crippen molar-refractivity contribution in [1.82, 2.24) is 10.6 Å². The number of carbonyl (C=O) groups is 2. The van der Waals surface area contributed by atoms with Gasteiger partial charge >= 0.3 is 0 Å². The van der Waals surface area contributed by atoms with E-state index in [1.165, 1.54) is 6.92 Å². The molecule has 0 aliphatic heterocycles. The lowest BCUT2D eigenvalue weighted by Crippen LogP contribution is -2.56. The van der Waals surface area contributed by atoms with Crippen molar-refractivity contribution in [1.29, 1.82) is 0 Å². The van der Waals surface area contributed by atoms with Crippen LogP contribution in [0.25, 0.3) is 0 Å². The van der Waals surface area contributed by atoms with Crippen LogP contribution in [0.4, 0.5) is 5.69 Å². The van der Waals surface area contributed by atoms with Gasteiger partial charge in [0, 0.05) is 11.3 Å². The average molecular weight is 417 g/mol. The first-order valence-corrected chi connectivity index (χ1v) is 8.31. The van der Waals surface area contributed by atoms with Crippen LogP contribution in [0.5, 0.6) is 0 Å². The molecule has 1 aromatic rings. The van der Waals surface area contributed by atoms with E-state index in [4.69, 9.17) is 58.6 Å². The summed E-state index contributed by atoms with van der Waals surface area (Å²) in [4.78, 5) is 22.6. The molecule has 0 saturated carbocycles. The molecule has 1 amide bonds. The van der Waals surface area contributed by atoms with Crippen LogP contribution in [-0.4, -0.2) is 32.6 Å². The molecule has 10 heteroatoms. The van der Waals surface area contributed by atoms with Crippen LogP contribution in [-0.2, 0) is 4.79 Å². The quantitative estimate of drug-likeness (QED) is 0.297. The molecule has 0 heterocycles. The summed E-state index contributed by atoms with van der Waals surface area (Å²) in [7, 11) is 0. The third-order valence-corrected chi connectivity index (χ3v) is 3.70. The number of halogens is 4. The minimum absolute atomic E-state index is 0.0442. The van der Waals surface area contributed by atoms with Crippen LogP contribution >= 0.6 is 58.6 Å². The van der Waals surface area contributed by atoms with E-state index in [-0.39, 0.29) is 16.8 Å². The van der Waals surface area contributed by atoms with Crippen molar-refractivity contribution < 1.29 is 9.59 Å². The zero-order valence-electron chi connectivity index (χ0n) is 11.8. The molecule has 1 rings (SSSR count). The second-order valence-electron chi connectivity index (χ2n) is 4.41. The number of hydrogen-bond donors (Lipinski definition) is 3. The molecule has 5 nitrogen and oxygen atoms in total. The number of amides is 1. The van der Waals surface area contributed by atoms with Crippen molar-refractivity contribution in [2.24, 2.45) is 0 Å². The van der Waals surface area contributed by atoms with E-state index in [1.54, 1.807) is 24.3 Å². The van der Waals surface area contributed by atoms with Crippen molar-refractivity contribution in [2.45, 2.75) is 16.9 Å². The first-order chi connectivity index (χ1) is 10.6. The summed E-state index contributed by atoms with van der Waals surface area (Å²) < 4.78 is -1.84. The summed E-state index contributed by atoms with van der Waals surface area (Å²) >= 11 is 27.9. The van der Waals surface area contributed by atoms with Gasteiger partial charge in [-0.25, -0.2) is 0 Å². The number of alkyl halides is 4. The van der Waals surface area contributed by atoms with Crippen molar-refractivity contribution in [3.8, 4) is 0 Å². The standard InChI is InChI=1S/C13H13Cl4N3O2S/c1-7(21)8-2-4-9(5-3-8)18-12(23)20-11(13(15,16)17)19-10(22)6-14/h2-5,11H,6H2,1H3,(H,19,22)(H2,18,20,23). The van der Waals surface area contributed by atoms with E-state index >= 15 is 0 Å². The van der Waals surface area contributed by atoms with Gasteiger partial charge in [0.25, 0.3) is 0 Å². The van der Waals surface area contributed by atoms with Crippen molar-refractivity contribution in [3.63, 3.8) is 0 Å². The lowest BCUT2D eigenvalue weighted by Gasteiger charge is -2.27. The fraction of sp³-hybridized carbons (Fsp3) is 0.308. The third-order valence-electron chi connectivity index (χ3n) is 2.58. The molecule has 0 saturated heterocycles. The molecule has 0 aliphatic carbocycles. The Labute approximate surface area is 159 Å². The molecule has 1 atom stereocenters. The van der Waals surface area contributed by atoms with Gasteiger partial charge in [0.15, 0.2) is 10.9 Å². The Bertz CT molecular complexity index is 590. The van der Waals surface area contributed by atoms with Gasteiger partial charge in [0.05, 0.1) is 0 Å². The van der Waals surface area contributed by atoms with Gasteiger partial charge < -0.3 is 16.0 Å². The second kappa shape index (κ2) is 8.89. The SMILES string of the molecule is CC(=O)c1ccc(NC(=S)NC(NC(=O)CCl)C(Cl)(Cl)Cl)cc1. The van der Waals surface area contributed by atoms with Gasteiger partial charge in [-0.15, -0.1) is 11.6 Å². The van der Waals surface area contributed by atoms with E-state index in [0.29, 0.717) is 11.3 Å². The molecule has 0 spiro atoms. The van der Waals surface area contributed by atoms with E-state index in [2.05, 4.69) is 16.0 Å². The fourth-order valence-electron chi connectivity index (χ4n) is 1.49. The number of hydrogen-bond acceptors (Lipinski definition) is 3. The van der Waals surface area contributed by atoms with Crippen molar-refractivity contribution >= 4 is 81.1 Å². The number of anilines is 1. The highest BCUT2D eigenvalue weighted by Gasteiger charge is 2.34. The predicted molar refractivity (Wildman–Crippen MR) is 98.7 cm³/mol. The highest BCUT2D eigenvalue weighted by Crippen LogP contribution is 2.29. The zero-order valence-corrected chi connectivity index (χ0v) is 15.7. The van der Waals surface area contributed by atoms with Crippen LogP contribution in [0.15, 0.2) is 24.3 Å². The Morgan fingerprint density at radius 1 is 1.17 bits per heavy atom. The number of thiocarbonyl (C=S) groups is 1. The smallest absolute Gasteiger partial charge is 0.236 e. The highest BCUT2D eigenvalue weighted by molar-refractivity contribution is 7.80. The number of nitrogens with one attached hydrogen (secondary N) is 3. The Hall–Kier alpha value is -0.790. The van der Waals surface area contributed by atoms with Gasteiger partial charge in [-0.3, -0.25) is 9.59 Å². The molecular weight excluding hydrogens is 404 g/mol. The lowest BCUT2D eigenvalue weighted by atomic mass is 10.1. The van der Waals surface area contributed by atoms with E-state index < -0.39 is 15.9 Å². The van der Waals surface area contributed by atoms with E-state index in [1.807, 2.05) is 0 Å². The van der Waals surface area contributed by atoms with Gasteiger partial charge in [0.2, 0.25) is 9.70 Å². The molecule has 0 bridgehead atoms. The third kappa shape index (κ3) is 7.10. The van der Waals surface area contributed by atoms with Crippen molar-refractivity contribution in [2.75, 3.05) is 11.2 Å². The van der Waals surface area contributed by atoms with Gasteiger partial charge in [0.1, 0.15) is 12.0 Å².